The Labute approximate surface area is 135 Å². The summed E-state index contributed by atoms with van der Waals surface area (Å²) >= 11 is 0. The third-order valence-electron chi connectivity index (χ3n) is 4.73. The Kier molecular flexibility index (Phi) is 7.63. The van der Waals surface area contributed by atoms with Gasteiger partial charge in [-0.1, -0.05) is 27.7 Å². The summed E-state index contributed by atoms with van der Waals surface area (Å²) < 4.78 is 0. The molecule has 0 aromatic rings. The lowest BCUT2D eigenvalue weighted by molar-refractivity contribution is 0.0166. The normalized spacial score (nSPS) is 25.8. The number of amides is 2. The minimum absolute atomic E-state index is 0.107. The van der Waals surface area contributed by atoms with Gasteiger partial charge < -0.3 is 20.6 Å². The number of carbonyl (C=O) groups excluding carboxylic acids is 1. The molecule has 0 aliphatic carbocycles. The molecule has 1 aliphatic heterocycles. The molecule has 1 heterocycles. The zero-order valence-corrected chi connectivity index (χ0v) is 15.0. The molecule has 0 aromatic carbocycles. The van der Waals surface area contributed by atoms with Crippen LogP contribution in [0.2, 0.25) is 0 Å². The molecule has 0 aromatic heterocycles. The number of nitrogens with zero attached hydrogens (tertiary/aromatic N) is 1. The highest BCUT2D eigenvalue weighted by molar-refractivity contribution is 5.73. The largest absolute Gasteiger partial charge is 0.388 e. The minimum atomic E-state index is -0.864. The number of hydrogen-bond acceptors (Lipinski definition) is 3. The van der Waals surface area contributed by atoms with Crippen molar-refractivity contribution in [2.24, 2.45) is 17.8 Å². The highest BCUT2D eigenvalue weighted by atomic mass is 16.3. The van der Waals surface area contributed by atoms with Gasteiger partial charge in [0.15, 0.2) is 0 Å². The van der Waals surface area contributed by atoms with E-state index in [-0.39, 0.29) is 18.5 Å². The number of nitrogens with one attached hydrogen (secondary N) is 2. The SMILES string of the molecule is CC1CC(C)CN(CCCNC(=O)NCC(C)(O)C(C)C)C1. The van der Waals surface area contributed by atoms with Crippen molar-refractivity contribution < 1.29 is 9.90 Å². The number of aliphatic hydroxyl groups is 1. The Hall–Kier alpha value is -0.810. The maximum Gasteiger partial charge on any atom is 0.314 e. The smallest absolute Gasteiger partial charge is 0.314 e. The number of carbonyl (C=O) groups is 1. The number of piperidine rings is 1. The van der Waals surface area contributed by atoms with Crippen molar-refractivity contribution in [1.29, 1.82) is 0 Å². The van der Waals surface area contributed by atoms with Crippen LogP contribution < -0.4 is 10.6 Å². The maximum absolute atomic E-state index is 11.7. The van der Waals surface area contributed by atoms with Crippen molar-refractivity contribution in [1.82, 2.24) is 15.5 Å². The van der Waals surface area contributed by atoms with E-state index in [1.54, 1.807) is 6.92 Å². The van der Waals surface area contributed by atoms with E-state index in [0.29, 0.717) is 6.54 Å². The van der Waals surface area contributed by atoms with Gasteiger partial charge in [-0.3, -0.25) is 0 Å². The molecule has 130 valence electrons. The summed E-state index contributed by atoms with van der Waals surface area (Å²) in [6.07, 6.45) is 2.29. The van der Waals surface area contributed by atoms with Crippen molar-refractivity contribution in [3.63, 3.8) is 0 Å². The van der Waals surface area contributed by atoms with Crippen molar-refractivity contribution in [2.75, 3.05) is 32.7 Å². The zero-order valence-electron chi connectivity index (χ0n) is 15.0. The van der Waals surface area contributed by atoms with Crippen LogP contribution in [-0.2, 0) is 0 Å². The van der Waals surface area contributed by atoms with Crippen LogP contribution in [0.4, 0.5) is 4.79 Å². The monoisotopic (exact) mass is 313 g/mol. The Balaban J connectivity index is 2.12. The second kappa shape index (κ2) is 8.73. The first kappa shape index (κ1) is 19.2. The summed E-state index contributed by atoms with van der Waals surface area (Å²) in [4.78, 5) is 14.2. The minimum Gasteiger partial charge on any atom is -0.388 e. The van der Waals surface area contributed by atoms with Gasteiger partial charge in [0.05, 0.1) is 5.60 Å². The average Bonchev–Trinajstić information content (AvgIpc) is 2.40. The van der Waals surface area contributed by atoms with E-state index in [9.17, 15) is 9.90 Å². The van der Waals surface area contributed by atoms with Crippen LogP contribution in [0, 0.1) is 17.8 Å². The first-order chi connectivity index (χ1) is 10.2. The van der Waals surface area contributed by atoms with E-state index < -0.39 is 5.60 Å². The van der Waals surface area contributed by atoms with Gasteiger partial charge >= 0.3 is 6.03 Å². The van der Waals surface area contributed by atoms with Crippen LogP contribution in [0.5, 0.6) is 0 Å². The third-order valence-corrected chi connectivity index (χ3v) is 4.73. The van der Waals surface area contributed by atoms with Gasteiger partial charge in [-0.2, -0.15) is 0 Å². The highest BCUT2D eigenvalue weighted by Gasteiger charge is 2.25. The van der Waals surface area contributed by atoms with E-state index in [1.807, 2.05) is 13.8 Å². The molecule has 22 heavy (non-hydrogen) atoms. The van der Waals surface area contributed by atoms with Gasteiger partial charge in [0.1, 0.15) is 0 Å². The molecule has 0 bridgehead atoms. The van der Waals surface area contributed by atoms with Gasteiger partial charge in [-0.25, -0.2) is 4.79 Å². The Morgan fingerprint density at radius 1 is 1.27 bits per heavy atom. The fraction of sp³-hybridized carbons (Fsp3) is 0.941. The Bertz CT molecular complexity index is 335. The summed E-state index contributed by atoms with van der Waals surface area (Å²) in [5.41, 5.74) is -0.864. The molecule has 0 saturated carbocycles. The number of rotatable bonds is 7. The maximum atomic E-state index is 11.7. The molecule has 3 N–H and O–H groups in total. The summed E-state index contributed by atoms with van der Waals surface area (Å²) in [6, 6.07) is -0.193. The number of urea groups is 1. The van der Waals surface area contributed by atoms with Crippen LogP contribution >= 0.6 is 0 Å². The number of likely N-dealkylation sites (tertiary alicyclic amines) is 1. The molecule has 0 radical (unpaired) electrons. The van der Waals surface area contributed by atoms with Crippen molar-refractivity contribution >= 4 is 6.03 Å². The molecule has 5 heteroatoms. The van der Waals surface area contributed by atoms with Crippen LogP contribution in [0.25, 0.3) is 0 Å². The molecule has 3 unspecified atom stereocenters. The quantitative estimate of drug-likeness (QED) is 0.630. The van der Waals surface area contributed by atoms with Crippen LogP contribution in [0.3, 0.4) is 0 Å². The second-order valence-electron chi connectivity index (χ2n) is 7.68. The summed E-state index contributed by atoms with van der Waals surface area (Å²) in [5, 5.41) is 15.7. The van der Waals surface area contributed by atoms with Gasteiger partial charge in [0.25, 0.3) is 0 Å². The van der Waals surface area contributed by atoms with E-state index in [2.05, 4.69) is 29.4 Å². The van der Waals surface area contributed by atoms with Crippen LogP contribution in [0.15, 0.2) is 0 Å². The Morgan fingerprint density at radius 3 is 2.41 bits per heavy atom. The van der Waals surface area contributed by atoms with Crippen LogP contribution in [-0.4, -0.2) is 54.4 Å². The van der Waals surface area contributed by atoms with Crippen LogP contribution in [0.1, 0.15) is 47.5 Å². The van der Waals surface area contributed by atoms with Gasteiger partial charge in [-0.15, -0.1) is 0 Å². The molecule has 1 saturated heterocycles. The standard InChI is InChI=1S/C17H35N3O2/c1-13(2)17(5,22)12-19-16(21)18-7-6-8-20-10-14(3)9-15(4)11-20/h13-15,22H,6-12H2,1-5H3,(H2,18,19,21). The van der Waals surface area contributed by atoms with Gasteiger partial charge in [-0.05, 0) is 44.1 Å². The fourth-order valence-electron chi connectivity index (χ4n) is 3.01. The molecular formula is C17H35N3O2. The van der Waals surface area contributed by atoms with Crippen molar-refractivity contribution in [3.8, 4) is 0 Å². The average molecular weight is 313 g/mol. The zero-order chi connectivity index (χ0) is 16.8. The van der Waals surface area contributed by atoms with Crippen molar-refractivity contribution in [2.45, 2.75) is 53.1 Å². The summed E-state index contributed by atoms with van der Waals surface area (Å²) in [5.74, 6) is 1.66. The summed E-state index contributed by atoms with van der Waals surface area (Å²) in [7, 11) is 0. The molecule has 1 fully saturated rings. The lowest BCUT2D eigenvalue weighted by Crippen LogP contribution is -2.47. The topological polar surface area (TPSA) is 64.6 Å². The first-order valence-corrected chi connectivity index (χ1v) is 8.67. The molecule has 1 aliphatic rings. The van der Waals surface area contributed by atoms with Gasteiger partial charge in [0.2, 0.25) is 0 Å². The first-order valence-electron chi connectivity index (χ1n) is 8.67. The molecule has 1 rings (SSSR count). The van der Waals surface area contributed by atoms with Gasteiger partial charge in [0, 0.05) is 26.2 Å². The second-order valence-corrected chi connectivity index (χ2v) is 7.68. The third kappa shape index (κ3) is 6.97. The predicted molar refractivity (Wildman–Crippen MR) is 90.9 cm³/mol. The predicted octanol–water partition coefficient (Wildman–Crippen LogP) is 2.06. The highest BCUT2D eigenvalue weighted by Crippen LogP contribution is 2.20. The molecule has 2 amide bonds. The van der Waals surface area contributed by atoms with E-state index >= 15 is 0 Å². The molecule has 3 atom stereocenters. The lowest BCUT2D eigenvalue weighted by Gasteiger charge is -2.34. The molecular weight excluding hydrogens is 278 g/mol. The number of hydrogen-bond donors (Lipinski definition) is 3. The molecule has 0 spiro atoms. The summed E-state index contributed by atoms with van der Waals surface area (Å²) in [6.45, 7) is 14.6. The van der Waals surface area contributed by atoms with E-state index in [1.165, 1.54) is 19.5 Å². The fourth-order valence-corrected chi connectivity index (χ4v) is 3.01. The van der Waals surface area contributed by atoms with E-state index in [4.69, 9.17) is 0 Å². The van der Waals surface area contributed by atoms with E-state index in [0.717, 1.165) is 24.8 Å². The molecule has 5 nitrogen and oxygen atoms in total. The van der Waals surface area contributed by atoms with Crippen molar-refractivity contribution in [3.05, 3.63) is 0 Å². The Morgan fingerprint density at radius 2 is 1.86 bits per heavy atom. The lowest BCUT2D eigenvalue weighted by atomic mass is 9.92.